The number of sulfonamides is 1. The van der Waals surface area contributed by atoms with E-state index < -0.39 is 10.0 Å². The topological polar surface area (TPSA) is 58.6 Å². The minimum atomic E-state index is -3.63. The van der Waals surface area contributed by atoms with Crippen LogP contribution in [0.4, 0.5) is 11.4 Å². The lowest BCUT2D eigenvalue weighted by molar-refractivity contribution is 0.123. The molecule has 0 radical (unpaired) electrons. The number of anilines is 2. The molecule has 1 aliphatic heterocycles. The van der Waals surface area contributed by atoms with Crippen LogP contribution in [0.5, 0.6) is 0 Å². The van der Waals surface area contributed by atoms with E-state index in [1.807, 2.05) is 18.2 Å². The van der Waals surface area contributed by atoms with Crippen LogP contribution in [0, 0.1) is 0 Å². The van der Waals surface area contributed by atoms with E-state index in [2.05, 4.69) is 9.62 Å². The fraction of sp³-hybridized carbons (Fsp3) is 0.222. The van der Waals surface area contributed by atoms with Gasteiger partial charge in [0.25, 0.3) is 10.0 Å². The van der Waals surface area contributed by atoms with Crippen LogP contribution in [0.25, 0.3) is 6.08 Å². The van der Waals surface area contributed by atoms with E-state index in [-0.39, 0.29) is 0 Å². The molecule has 1 heterocycles. The molecule has 7 heteroatoms. The van der Waals surface area contributed by atoms with Crippen LogP contribution in [-0.2, 0) is 14.8 Å². The summed E-state index contributed by atoms with van der Waals surface area (Å²) in [6.45, 7) is 2.74. The molecule has 3 rings (SSSR count). The highest BCUT2D eigenvalue weighted by molar-refractivity contribution is 7.95. The summed E-state index contributed by atoms with van der Waals surface area (Å²) in [6, 6.07) is 14.3. The van der Waals surface area contributed by atoms with Gasteiger partial charge in [0.15, 0.2) is 0 Å². The first-order chi connectivity index (χ1) is 12.0. The van der Waals surface area contributed by atoms with Crippen molar-refractivity contribution < 1.29 is 13.2 Å². The Balaban J connectivity index is 1.77. The largest absolute Gasteiger partial charge is 0.378 e. The van der Waals surface area contributed by atoms with Gasteiger partial charge < -0.3 is 9.64 Å². The standard InChI is InChI=1S/C18H19ClN2O3S/c19-16-7-5-15(6-8-16)9-14-25(22,23)20-17-3-1-2-4-18(17)21-10-12-24-13-11-21/h1-9,14,20H,10-13H2/b14-9+. The van der Waals surface area contributed by atoms with Crippen LogP contribution in [0.15, 0.2) is 53.9 Å². The summed E-state index contributed by atoms with van der Waals surface area (Å²) in [7, 11) is -3.63. The van der Waals surface area contributed by atoms with Gasteiger partial charge in [0.2, 0.25) is 0 Å². The second-order valence-corrected chi connectivity index (χ2v) is 7.62. The molecule has 2 aromatic carbocycles. The van der Waals surface area contributed by atoms with Gasteiger partial charge >= 0.3 is 0 Å². The Morgan fingerprint density at radius 1 is 1.04 bits per heavy atom. The van der Waals surface area contributed by atoms with E-state index in [4.69, 9.17) is 16.3 Å². The van der Waals surface area contributed by atoms with Crippen molar-refractivity contribution in [1.29, 1.82) is 0 Å². The van der Waals surface area contributed by atoms with Crippen LogP contribution >= 0.6 is 11.6 Å². The number of nitrogens with one attached hydrogen (secondary N) is 1. The molecular formula is C18H19ClN2O3S. The summed E-state index contributed by atoms with van der Waals surface area (Å²) in [5, 5.41) is 1.77. The second-order valence-electron chi connectivity index (χ2n) is 5.62. The van der Waals surface area contributed by atoms with E-state index >= 15 is 0 Å². The first kappa shape index (κ1) is 17.8. The summed E-state index contributed by atoms with van der Waals surface area (Å²) >= 11 is 5.83. The number of para-hydroxylation sites is 2. The van der Waals surface area contributed by atoms with E-state index in [1.54, 1.807) is 30.3 Å². The molecule has 5 nitrogen and oxygen atoms in total. The summed E-state index contributed by atoms with van der Waals surface area (Å²) in [5.41, 5.74) is 2.18. The maximum absolute atomic E-state index is 12.4. The zero-order chi connectivity index (χ0) is 17.7. The van der Waals surface area contributed by atoms with Crippen molar-refractivity contribution in [2.24, 2.45) is 0 Å². The maximum Gasteiger partial charge on any atom is 0.255 e. The molecule has 0 saturated carbocycles. The van der Waals surface area contributed by atoms with Gasteiger partial charge in [-0.2, -0.15) is 0 Å². The number of hydrogen-bond acceptors (Lipinski definition) is 4. The molecule has 1 aliphatic rings. The van der Waals surface area contributed by atoms with Crippen molar-refractivity contribution in [3.8, 4) is 0 Å². The quantitative estimate of drug-likeness (QED) is 0.863. The first-order valence-corrected chi connectivity index (χ1v) is 9.84. The van der Waals surface area contributed by atoms with Gasteiger partial charge in [-0.1, -0.05) is 35.9 Å². The van der Waals surface area contributed by atoms with Gasteiger partial charge in [-0.05, 0) is 35.9 Å². The Morgan fingerprint density at radius 2 is 1.72 bits per heavy atom. The predicted octanol–water partition coefficient (Wildman–Crippen LogP) is 3.59. The third kappa shape index (κ3) is 4.98. The molecule has 0 amide bonds. The molecule has 0 bridgehead atoms. The van der Waals surface area contributed by atoms with Crippen molar-refractivity contribution in [2.75, 3.05) is 35.9 Å². The highest BCUT2D eigenvalue weighted by Crippen LogP contribution is 2.27. The number of morpholine rings is 1. The molecule has 0 spiro atoms. The van der Waals surface area contributed by atoms with Gasteiger partial charge in [-0.25, -0.2) is 8.42 Å². The molecule has 1 N–H and O–H groups in total. The molecule has 132 valence electrons. The van der Waals surface area contributed by atoms with Crippen molar-refractivity contribution in [1.82, 2.24) is 0 Å². The minimum absolute atomic E-state index is 0.560. The first-order valence-electron chi connectivity index (χ1n) is 7.92. The van der Waals surface area contributed by atoms with Gasteiger partial charge in [0.1, 0.15) is 0 Å². The lowest BCUT2D eigenvalue weighted by Gasteiger charge is -2.30. The molecule has 25 heavy (non-hydrogen) atoms. The van der Waals surface area contributed by atoms with Crippen LogP contribution in [-0.4, -0.2) is 34.7 Å². The SMILES string of the molecule is O=S(=O)(/C=C/c1ccc(Cl)cc1)Nc1ccccc1N1CCOCC1. The Kier molecular flexibility index (Phi) is 5.63. The molecule has 0 aromatic heterocycles. The Bertz CT molecular complexity index is 845. The maximum atomic E-state index is 12.4. The van der Waals surface area contributed by atoms with Crippen LogP contribution in [0.2, 0.25) is 5.02 Å². The van der Waals surface area contributed by atoms with Crippen molar-refractivity contribution in [2.45, 2.75) is 0 Å². The van der Waals surface area contributed by atoms with Crippen LogP contribution < -0.4 is 9.62 Å². The van der Waals surface area contributed by atoms with Crippen LogP contribution in [0.3, 0.4) is 0 Å². The summed E-state index contributed by atoms with van der Waals surface area (Å²) in [5.74, 6) is 0. The number of halogens is 1. The average Bonchev–Trinajstić information content (AvgIpc) is 2.62. The summed E-state index contributed by atoms with van der Waals surface area (Å²) < 4.78 is 32.8. The lowest BCUT2D eigenvalue weighted by atomic mass is 10.2. The van der Waals surface area contributed by atoms with E-state index in [0.717, 1.165) is 29.7 Å². The van der Waals surface area contributed by atoms with Gasteiger partial charge in [-0.3, -0.25) is 4.72 Å². The fourth-order valence-electron chi connectivity index (χ4n) is 2.57. The van der Waals surface area contributed by atoms with E-state index in [0.29, 0.717) is 23.9 Å². The zero-order valence-corrected chi connectivity index (χ0v) is 15.1. The van der Waals surface area contributed by atoms with E-state index in [9.17, 15) is 8.42 Å². The average molecular weight is 379 g/mol. The highest BCUT2D eigenvalue weighted by Gasteiger charge is 2.16. The number of benzene rings is 2. The molecule has 1 saturated heterocycles. The summed E-state index contributed by atoms with van der Waals surface area (Å²) in [6.07, 6.45) is 1.54. The van der Waals surface area contributed by atoms with Crippen molar-refractivity contribution in [3.63, 3.8) is 0 Å². The molecule has 0 atom stereocenters. The predicted molar refractivity (Wildman–Crippen MR) is 103 cm³/mol. The Labute approximate surface area is 152 Å². The highest BCUT2D eigenvalue weighted by atomic mass is 35.5. The molecule has 2 aromatic rings. The fourth-order valence-corrected chi connectivity index (χ4v) is 3.58. The molecular weight excluding hydrogens is 360 g/mol. The molecule has 1 fully saturated rings. The molecule has 0 unspecified atom stereocenters. The summed E-state index contributed by atoms with van der Waals surface area (Å²) in [4.78, 5) is 2.12. The van der Waals surface area contributed by atoms with Gasteiger partial charge in [-0.15, -0.1) is 0 Å². The van der Waals surface area contributed by atoms with E-state index in [1.165, 1.54) is 6.08 Å². The van der Waals surface area contributed by atoms with Gasteiger partial charge in [0, 0.05) is 18.1 Å². The smallest absolute Gasteiger partial charge is 0.255 e. The monoisotopic (exact) mass is 378 g/mol. The number of hydrogen-bond donors (Lipinski definition) is 1. The third-order valence-corrected chi connectivity index (χ3v) is 5.07. The second kappa shape index (κ2) is 7.91. The third-order valence-electron chi connectivity index (χ3n) is 3.82. The van der Waals surface area contributed by atoms with Crippen molar-refractivity contribution in [3.05, 3.63) is 64.5 Å². The Morgan fingerprint density at radius 3 is 2.44 bits per heavy atom. The molecule has 0 aliphatic carbocycles. The minimum Gasteiger partial charge on any atom is -0.378 e. The Hall–Kier alpha value is -2.02. The lowest BCUT2D eigenvalue weighted by Crippen LogP contribution is -2.36. The van der Waals surface area contributed by atoms with Crippen molar-refractivity contribution >= 4 is 39.1 Å². The zero-order valence-electron chi connectivity index (χ0n) is 13.6. The van der Waals surface area contributed by atoms with Gasteiger partial charge in [0.05, 0.1) is 30.0 Å². The number of rotatable bonds is 5. The van der Waals surface area contributed by atoms with Crippen LogP contribution in [0.1, 0.15) is 5.56 Å². The number of ether oxygens (including phenoxy) is 1. The number of nitrogens with zero attached hydrogens (tertiary/aromatic N) is 1. The normalized spacial score (nSPS) is 15.5.